The topological polar surface area (TPSA) is 83.6 Å². The summed E-state index contributed by atoms with van der Waals surface area (Å²) in [5.41, 5.74) is 6.55. The molecule has 0 unspecified atom stereocenters. The first-order valence-corrected chi connectivity index (χ1v) is 5.81. The summed E-state index contributed by atoms with van der Waals surface area (Å²) >= 11 is 3.22. The van der Waals surface area contributed by atoms with E-state index in [2.05, 4.69) is 15.9 Å². The standard InChI is InChI=1S/C11H13BrN2O3/c1-2-14(6-10(15)16)11(17)7-3-4-9(13)8(12)5-7/h3-5H,2,6,13H2,1H3,(H,15,16). The van der Waals surface area contributed by atoms with Gasteiger partial charge in [-0.15, -0.1) is 0 Å². The second-order valence-corrected chi connectivity index (χ2v) is 4.30. The molecule has 92 valence electrons. The molecule has 5 nitrogen and oxygen atoms in total. The highest BCUT2D eigenvalue weighted by Crippen LogP contribution is 2.21. The predicted octanol–water partition coefficient (Wildman–Crippen LogP) is 1.58. The van der Waals surface area contributed by atoms with E-state index < -0.39 is 5.97 Å². The number of nitrogens with zero attached hydrogens (tertiary/aromatic N) is 1. The van der Waals surface area contributed by atoms with Gasteiger partial charge in [-0.1, -0.05) is 0 Å². The first-order valence-electron chi connectivity index (χ1n) is 5.01. The average Bonchev–Trinajstić information content (AvgIpc) is 2.28. The second-order valence-electron chi connectivity index (χ2n) is 3.45. The number of anilines is 1. The summed E-state index contributed by atoms with van der Waals surface area (Å²) in [6, 6.07) is 4.76. The minimum Gasteiger partial charge on any atom is -0.480 e. The van der Waals surface area contributed by atoms with Crippen molar-refractivity contribution in [2.75, 3.05) is 18.8 Å². The predicted molar refractivity (Wildman–Crippen MR) is 67.8 cm³/mol. The van der Waals surface area contributed by atoms with Crippen LogP contribution in [0.2, 0.25) is 0 Å². The van der Waals surface area contributed by atoms with Crippen LogP contribution in [-0.4, -0.2) is 35.0 Å². The first-order chi connectivity index (χ1) is 7.95. The van der Waals surface area contributed by atoms with Crippen LogP contribution in [0.25, 0.3) is 0 Å². The van der Waals surface area contributed by atoms with Gasteiger partial charge < -0.3 is 15.7 Å². The van der Waals surface area contributed by atoms with E-state index >= 15 is 0 Å². The van der Waals surface area contributed by atoms with Crippen LogP contribution in [-0.2, 0) is 4.79 Å². The monoisotopic (exact) mass is 300 g/mol. The van der Waals surface area contributed by atoms with Crippen molar-refractivity contribution in [3.05, 3.63) is 28.2 Å². The van der Waals surface area contributed by atoms with E-state index in [1.807, 2.05) is 0 Å². The van der Waals surface area contributed by atoms with Gasteiger partial charge in [0, 0.05) is 22.3 Å². The fourth-order valence-electron chi connectivity index (χ4n) is 1.33. The van der Waals surface area contributed by atoms with Gasteiger partial charge in [-0.25, -0.2) is 0 Å². The molecule has 0 saturated heterocycles. The van der Waals surface area contributed by atoms with E-state index in [-0.39, 0.29) is 12.5 Å². The molecule has 0 bridgehead atoms. The summed E-state index contributed by atoms with van der Waals surface area (Å²) in [5.74, 6) is -1.36. The fraction of sp³-hybridized carbons (Fsp3) is 0.273. The third-order valence-electron chi connectivity index (χ3n) is 2.24. The molecule has 0 aromatic heterocycles. The molecule has 1 aromatic rings. The van der Waals surface area contributed by atoms with Crippen molar-refractivity contribution in [2.45, 2.75) is 6.92 Å². The zero-order chi connectivity index (χ0) is 13.0. The van der Waals surface area contributed by atoms with Crippen molar-refractivity contribution in [1.82, 2.24) is 4.90 Å². The van der Waals surface area contributed by atoms with Crippen LogP contribution in [0.5, 0.6) is 0 Å². The molecule has 0 heterocycles. The number of rotatable bonds is 4. The molecule has 17 heavy (non-hydrogen) atoms. The Kier molecular flexibility index (Phi) is 4.51. The van der Waals surface area contributed by atoms with Gasteiger partial charge in [-0.3, -0.25) is 9.59 Å². The fourth-order valence-corrected chi connectivity index (χ4v) is 1.71. The van der Waals surface area contributed by atoms with E-state index in [1.165, 1.54) is 4.90 Å². The van der Waals surface area contributed by atoms with Crippen LogP contribution in [0.4, 0.5) is 5.69 Å². The lowest BCUT2D eigenvalue weighted by molar-refractivity contribution is -0.137. The van der Waals surface area contributed by atoms with Gasteiger partial charge in [-0.05, 0) is 41.1 Å². The zero-order valence-electron chi connectivity index (χ0n) is 9.31. The van der Waals surface area contributed by atoms with Crippen molar-refractivity contribution < 1.29 is 14.7 Å². The van der Waals surface area contributed by atoms with Crippen molar-refractivity contribution in [1.29, 1.82) is 0 Å². The Morgan fingerprint density at radius 1 is 1.47 bits per heavy atom. The summed E-state index contributed by atoms with van der Waals surface area (Å²) < 4.78 is 0.620. The van der Waals surface area contributed by atoms with Gasteiger partial charge in [0.15, 0.2) is 0 Å². The van der Waals surface area contributed by atoms with Crippen molar-refractivity contribution in [2.24, 2.45) is 0 Å². The van der Waals surface area contributed by atoms with Crippen LogP contribution < -0.4 is 5.73 Å². The number of nitrogens with two attached hydrogens (primary N) is 1. The maximum Gasteiger partial charge on any atom is 0.323 e. The molecular weight excluding hydrogens is 288 g/mol. The van der Waals surface area contributed by atoms with Crippen molar-refractivity contribution in [3.8, 4) is 0 Å². The molecular formula is C11H13BrN2O3. The highest BCUT2D eigenvalue weighted by Gasteiger charge is 2.17. The number of likely N-dealkylation sites (N-methyl/N-ethyl adjacent to an activating group) is 1. The number of aliphatic carboxylic acids is 1. The number of carboxylic acid groups (broad SMARTS) is 1. The van der Waals surface area contributed by atoms with Crippen LogP contribution in [0.15, 0.2) is 22.7 Å². The Hall–Kier alpha value is -1.56. The van der Waals surface area contributed by atoms with Crippen molar-refractivity contribution >= 4 is 33.5 Å². The lowest BCUT2D eigenvalue weighted by Gasteiger charge is -2.18. The minimum absolute atomic E-state index is 0.308. The molecule has 0 spiro atoms. The lowest BCUT2D eigenvalue weighted by atomic mass is 10.2. The Morgan fingerprint density at radius 3 is 2.59 bits per heavy atom. The normalized spacial score (nSPS) is 10.0. The maximum atomic E-state index is 12.0. The maximum absolute atomic E-state index is 12.0. The second kappa shape index (κ2) is 5.67. The Labute approximate surface area is 107 Å². The lowest BCUT2D eigenvalue weighted by Crippen LogP contribution is -2.35. The molecule has 0 saturated carbocycles. The number of hydrogen-bond donors (Lipinski definition) is 2. The number of hydrogen-bond acceptors (Lipinski definition) is 3. The highest BCUT2D eigenvalue weighted by molar-refractivity contribution is 9.10. The summed E-state index contributed by atoms with van der Waals surface area (Å²) in [6.07, 6.45) is 0. The van der Waals surface area contributed by atoms with Gasteiger partial charge in [0.25, 0.3) is 5.91 Å². The zero-order valence-corrected chi connectivity index (χ0v) is 10.9. The number of nitrogen functional groups attached to an aromatic ring is 1. The van der Waals surface area contributed by atoms with Crippen LogP contribution in [0, 0.1) is 0 Å². The molecule has 3 N–H and O–H groups in total. The molecule has 6 heteroatoms. The number of benzene rings is 1. The van der Waals surface area contributed by atoms with E-state index in [0.717, 1.165) is 0 Å². The molecule has 0 atom stereocenters. The summed E-state index contributed by atoms with van der Waals surface area (Å²) in [5, 5.41) is 8.69. The smallest absolute Gasteiger partial charge is 0.323 e. The molecule has 0 radical (unpaired) electrons. The molecule has 1 aromatic carbocycles. The average molecular weight is 301 g/mol. The summed E-state index contributed by atoms with van der Waals surface area (Å²) in [4.78, 5) is 23.8. The first kappa shape index (κ1) is 13.5. The van der Waals surface area contributed by atoms with Gasteiger partial charge in [-0.2, -0.15) is 0 Å². The number of halogens is 1. The SMILES string of the molecule is CCN(CC(=O)O)C(=O)c1ccc(N)c(Br)c1. The van der Waals surface area contributed by atoms with E-state index in [4.69, 9.17) is 10.8 Å². The Bertz CT molecular complexity index is 448. The number of carbonyl (C=O) groups excluding carboxylic acids is 1. The molecule has 0 aliphatic carbocycles. The van der Waals surface area contributed by atoms with E-state index in [0.29, 0.717) is 22.3 Å². The quantitative estimate of drug-likeness (QED) is 0.827. The molecule has 1 rings (SSSR count). The van der Waals surface area contributed by atoms with Crippen LogP contribution in [0.1, 0.15) is 17.3 Å². The Balaban J connectivity index is 2.93. The third kappa shape index (κ3) is 3.45. The van der Waals surface area contributed by atoms with Gasteiger partial charge in [0.05, 0.1) is 0 Å². The third-order valence-corrected chi connectivity index (χ3v) is 2.93. The Morgan fingerprint density at radius 2 is 2.12 bits per heavy atom. The van der Waals surface area contributed by atoms with E-state index in [1.54, 1.807) is 25.1 Å². The van der Waals surface area contributed by atoms with Crippen molar-refractivity contribution in [3.63, 3.8) is 0 Å². The minimum atomic E-state index is -1.03. The summed E-state index contributed by atoms with van der Waals surface area (Å²) in [6.45, 7) is 1.76. The van der Waals surface area contributed by atoms with Crippen LogP contribution >= 0.6 is 15.9 Å². The van der Waals surface area contributed by atoms with Gasteiger partial charge in [0.2, 0.25) is 0 Å². The summed E-state index contributed by atoms with van der Waals surface area (Å²) in [7, 11) is 0. The number of amides is 1. The van der Waals surface area contributed by atoms with Crippen LogP contribution in [0.3, 0.4) is 0 Å². The van der Waals surface area contributed by atoms with E-state index in [9.17, 15) is 9.59 Å². The van der Waals surface area contributed by atoms with Gasteiger partial charge in [0.1, 0.15) is 6.54 Å². The number of carbonyl (C=O) groups is 2. The number of carboxylic acids is 1. The molecule has 0 aliphatic heterocycles. The van der Waals surface area contributed by atoms with Gasteiger partial charge >= 0.3 is 5.97 Å². The molecule has 0 fully saturated rings. The largest absolute Gasteiger partial charge is 0.480 e. The molecule has 1 amide bonds. The highest BCUT2D eigenvalue weighted by atomic mass is 79.9. The molecule has 0 aliphatic rings.